The first-order valence-electron chi connectivity index (χ1n) is 8.01. The first-order chi connectivity index (χ1) is 13.1. The number of aromatic nitrogens is 1. The van der Waals surface area contributed by atoms with Crippen molar-refractivity contribution >= 4 is 29.2 Å². The second-order valence-corrected chi connectivity index (χ2v) is 5.86. The molecular weight excluding hydrogens is 368 g/mol. The lowest BCUT2D eigenvalue weighted by molar-refractivity contribution is -0.119. The van der Waals surface area contributed by atoms with Crippen LogP contribution in [0.5, 0.6) is 11.5 Å². The molecular formula is C20H15ClN2O4. The van der Waals surface area contributed by atoms with Gasteiger partial charge in [-0.1, -0.05) is 29.8 Å². The molecule has 0 unspecified atom stereocenters. The van der Waals surface area contributed by atoms with Crippen molar-refractivity contribution in [3.8, 4) is 11.5 Å². The van der Waals surface area contributed by atoms with E-state index in [0.29, 0.717) is 22.2 Å². The molecule has 27 heavy (non-hydrogen) atoms. The summed E-state index contributed by atoms with van der Waals surface area (Å²) in [4.78, 5) is 27.9. The molecule has 7 heteroatoms. The van der Waals surface area contributed by atoms with E-state index in [-0.39, 0.29) is 5.56 Å². The largest absolute Gasteiger partial charge is 0.455 e. The first-order valence-corrected chi connectivity index (χ1v) is 8.39. The molecule has 3 aromatic rings. The fourth-order valence-electron chi connectivity index (χ4n) is 2.19. The zero-order valence-electron chi connectivity index (χ0n) is 14.1. The summed E-state index contributed by atoms with van der Waals surface area (Å²) in [5.74, 6) is -0.131. The van der Waals surface area contributed by atoms with Gasteiger partial charge in [-0.3, -0.25) is 9.78 Å². The number of benzene rings is 2. The molecule has 1 heterocycles. The summed E-state index contributed by atoms with van der Waals surface area (Å²) in [5.41, 5.74) is 0.634. The van der Waals surface area contributed by atoms with Crippen LogP contribution < -0.4 is 10.1 Å². The highest BCUT2D eigenvalue weighted by molar-refractivity contribution is 6.31. The van der Waals surface area contributed by atoms with Crippen LogP contribution in [0.15, 0.2) is 73.1 Å². The fraction of sp³-hybridized carbons (Fsp3) is 0.0500. The molecule has 0 atom stereocenters. The minimum absolute atomic E-state index is 0.265. The SMILES string of the molecule is O=C(COC(=O)c1cccnc1)Nc1cc(Cl)ccc1Oc1ccccc1. The van der Waals surface area contributed by atoms with Crippen molar-refractivity contribution in [1.82, 2.24) is 4.98 Å². The highest BCUT2D eigenvalue weighted by atomic mass is 35.5. The summed E-state index contributed by atoms with van der Waals surface area (Å²) in [7, 11) is 0. The lowest BCUT2D eigenvalue weighted by Gasteiger charge is -2.13. The summed E-state index contributed by atoms with van der Waals surface area (Å²) in [6, 6.07) is 17.1. The Balaban J connectivity index is 1.65. The minimum atomic E-state index is -0.634. The van der Waals surface area contributed by atoms with E-state index < -0.39 is 18.5 Å². The average Bonchev–Trinajstić information content (AvgIpc) is 2.70. The van der Waals surface area contributed by atoms with Crippen LogP contribution in [-0.4, -0.2) is 23.5 Å². The maximum absolute atomic E-state index is 12.2. The van der Waals surface area contributed by atoms with E-state index >= 15 is 0 Å². The van der Waals surface area contributed by atoms with Gasteiger partial charge in [-0.15, -0.1) is 0 Å². The van der Waals surface area contributed by atoms with Crippen molar-refractivity contribution in [2.45, 2.75) is 0 Å². The van der Waals surface area contributed by atoms with Crippen molar-refractivity contribution in [3.05, 3.63) is 83.6 Å². The number of rotatable bonds is 6. The van der Waals surface area contributed by atoms with Gasteiger partial charge < -0.3 is 14.8 Å². The van der Waals surface area contributed by atoms with Crippen molar-refractivity contribution in [1.29, 1.82) is 0 Å². The zero-order chi connectivity index (χ0) is 19.1. The summed E-state index contributed by atoms with van der Waals surface area (Å²) in [6.45, 7) is -0.453. The predicted octanol–water partition coefficient (Wildman–Crippen LogP) is 4.32. The number of carbonyl (C=O) groups excluding carboxylic acids is 2. The molecule has 2 aromatic carbocycles. The van der Waals surface area contributed by atoms with Gasteiger partial charge >= 0.3 is 5.97 Å². The number of pyridine rings is 1. The molecule has 0 aliphatic rings. The Kier molecular flexibility index (Phi) is 6.02. The average molecular weight is 383 g/mol. The van der Waals surface area contributed by atoms with Crippen molar-refractivity contribution < 1.29 is 19.1 Å². The second-order valence-electron chi connectivity index (χ2n) is 5.42. The molecule has 3 rings (SSSR count). The molecule has 136 valence electrons. The Hall–Kier alpha value is -3.38. The van der Waals surface area contributed by atoms with Gasteiger partial charge in [0.05, 0.1) is 11.3 Å². The van der Waals surface area contributed by atoms with E-state index in [1.165, 1.54) is 12.4 Å². The number of para-hydroxylation sites is 1. The molecule has 0 fully saturated rings. The topological polar surface area (TPSA) is 77.5 Å². The van der Waals surface area contributed by atoms with E-state index in [1.807, 2.05) is 18.2 Å². The molecule has 0 spiro atoms. The quantitative estimate of drug-likeness (QED) is 0.642. The number of anilines is 1. The lowest BCUT2D eigenvalue weighted by atomic mass is 10.2. The normalized spacial score (nSPS) is 10.1. The fourth-order valence-corrected chi connectivity index (χ4v) is 2.36. The highest BCUT2D eigenvalue weighted by Crippen LogP contribution is 2.31. The standard InChI is InChI=1S/C20H15ClN2O4/c21-15-8-9-18(27-16-6-2-1-3-7-16)17(11-15)23-19(24)13-26-20(25)14-5-4-10-22-12-14/h1-12H,13H2,(H,23,24). The molecule has 0 saturated carbocycles. The maximum atomic E-state index is 12.2. The van der Waals surface area contributed by atoms with E-state index in [1.54, 1.807) is 42.5 Å². The molecule has 1 N–H and O–H groups in total. The summed E-state index contributed by atoms with van der Waals surface area (Å²) < 4.78 is 10.8. The molecule has 1 aromatic heterocycles. The van der Waals surface area contributed by atoms with E-state index in [0.717, 1.165) is 0 Å². The molecule has 0 bridgehead atoms. The van der Waals surface area contributed by atoms with Gasteiger partial charge in [0.25, 0.3) is 5.91 Å². The third-order valence-corrected chi connectivity index (χ3v) is 3.65. The van der Waals surface area contributed by atoms with Crippen LogP contribution in [0.25, 0.3) is 0 Å². The third-order valence-electron chi connectivity index (χ3n) is 3.42. The number of hydrogen-bond acceptors (Lipinski definition) is 5. The molecule has 1 amide bonds. The van der Waals surface area contributed by atoms with Crippen LogP contribution in [0, 0.1) is 0 Å². The van der Waals surface area contributed by atoms with Crippen LogP contribution in [0.3, 0.4) is 0 Å². The number of esters is 1. The molecule has 0 radical (unpaired) electrons. The van der Waals surface area contributed by atoms with Gasteiger partial charge in [-0.25, -0.2) is 4.79 Å². The minimum Gasteiger partial charge on any atom is -0.455 e. The second kappa shape index (κ2) is 8.82. The van der Waals surface area contributed by atoms with Crippen LogP contribution in [0.2, 0.25) is 5.02 Å². The number of halogens is 1. The molecule has 0 saturated heterocycles. The zero-order valence-corrected chi connectivity index (χ0v) is 14.8. The van der Waals surface area contributed by atoms with Gasteiger partial charge in [-0.05, 0) is 42.5 Å². The molecule has 0 aliphatic carbocycles. The van der Waals surface area contributed by atoms with Gasteiger partial charge in [-0.2, -0.15) is 0 Å². The third kappa shape index (κ3) is 5.29. The Labute approximate surface area is 160 Å². The first kappa shape index (κ1) is 18.4. The monoisotopic (exact) mass is 382 g/mol. The summed E-state index contributed by atoms with van der Waals surface area (Å²) in [6.07, 6.45) is 2.90. The summed E-state index contributed by atoms with van der Waals surface area (Å²) in [5, 5.41) is 3.07. The van der Waals surface area contributed by atoms with Gasteiger partial charge in [0, 0.05) is 17.4 Å². The van der Waals surface area contributed by atoms with E-state index in [4.69, 9.17) is 21.1 Å². The van der Waals surface area contributed by atoms with Crippen LogP contribution in [-0.2, 0) is 9.53 Å². The van der Waals surface area contributed by atoms with Gasteiger partial charge in [0.2, 0.25) is 0 Å². The molecule has 0 aliphatic heterocycles. The van der Waals surface area contributed by atoms with Gasteiger partial charge in [0.15, 0.2) is 12.4 Å². The van der Waals surface area contributed by atoms with Crippen molar-refractivity contribution in [2.24, 2.45) is 0 Å². The van der Waals surface area contributed by atoms with Crippen LogP contribution in [0.4, 0.5) is 5.69 Å². The smallest absolute Gasteiger partial charge is 0.340 e. The maximum Gasteiger partial charge on any atom is 0.340 e. The number of carbonyl (C=O) groups is 2. The molecule has 6 nitrogen and oxygen atoms in total. The number of nitrogens with zero attached hydrogens (tertiary/aromatic N) is 1. The summed E-state index contributed by atoms with van der Waals surface area (Å²) >= 11 is 6.01. The lowest BCUT2D eigenvalue weighted by Crippen LogP contribution is -2.21. The van der Waals surface area contributed by atoms with Crippen LogP contribution in [0.1, 0.15) is 10.4 Å². The number of ether oxygens (including phenoxy) is 2. The van der Waals surface area contributed by atoms with E-state index in [2.05, 4.69) is 10.3 Å². The number of nitrogens with one attached hydrogen (secondary N) is 1. The van der Waals surface area contributed by atoms with Gasteiger partial charge in [0.1, 0.15) is 5.75 Å². The number of amides is 1. The van der Waals surface area contributed by atoms with Crippen LogP contribution >= 0.6 is 11.6 Å². The Bertz CT molecular complexity index is 933. The predicted molar refractivity (Wildman–Crippen MR) is 101 cm³/mol. The highest BCUT2D eigenvalue weighted by Gasteiger charge is 2.13. The Morgan fingerprint density at radius 3 is 2.59 bits per heavy atom. The van der Waals surface area contributed by atoms with Crippen molar-refractivity contribution in [3.63, 3.8) is 0 Å². The van der Waals surface area contributed by atoms with Crippen molar-refractivity contribution in [2.75, 3.05) is 11.9 Å². The Morgan fingerprint density at radius 1 is 1.04 bits per heavy atom. The van der Waals surface area contributed by atoms with E-state index in [9.17, 15) is 9.59 Å². The Morgan fingerprint density at radius 2 is 1.85 bits per heavy atom. The number of hydrogen-bond donors (Lipinski definition) is 1.